The molecule has 1 aliphatic heterocycles. The molecule has 1 saturated heterocycles. The fourth-order valence-corrected chi connectivity index (χ4v) is 6.25. The first kappa shape index (κ1) is 18.1. The van der Waals surface area contributed by atoms with Gasteiger partial charge >= 0.3 is 0 Å². The molecule has 1 aromatic heterocycles. The van der Waals surface area contributed by atoms with Crippen molar-refractivity contribution in [1.82, 2.24) is 9.88 Å². The molecule has 0 aliphatic carbocycles. The summed E-state index contributed by atoms with van der Waals surface area (Å²) in [6, 6.07) is 11.1. The molecular weight excluding hydrogens is 364 g/mol. The van der Waals surface area contributed by atoms with E-state index in [-0.39, 0.29) is 29.7 Å². The maximum absolute atomic E-state index is 12.2. The third-order valence-electron chi connectivity index (χ3n) is 4.11. The third kappa shape index (κ3) is 5.13. The molecule has 1 aliphatic rings. The van der Waals surface area contributed by atoms with Crippen LogP contribution < -0.4 is 4.72 Å². The summed E-state index contributed by atoms with van der Waals surface area (Å²) in [6.45, 7) is -0.0123. The Morgan fingerprint density at radius 1 is 1.24 bits per heavy atom. The Hall–Kier alpha value is -1.71. The lowest BCUT2D eigenvalue weighted by molar-refractivity contribution is 0.382. The minimum atomic E-state index is -3.59. The monoisotopic (exact) mass is 384 g/mol. The van der Waals surface area contributed by atoms with Gasteiger partial charge in [-0.15, -0.1) is 0 Å². The summed E-state index contributed by atoms with van der Waals surface area (Å²) < 4.78 is 55.3. The van der Waals surface area contributed by atoms with Crippen LogP contribution in [-0.4, -0.2) is 39.3 Å². The minimum Gasteiger partial charge on any atom is -0.359 e. The number of benzene rings is 1. The van der Waals surface area contributed by atoms with E-state index in [1.165, 1.54) is 0 Å². The Labute approximate surface area is 147 Å². The average molecular weight is 384 g/mol. The fourth-order valence-electron chi connectivity index (χ4n) is 2.94. The number of sulfonamides is 1. The van der Waals surface area contributed by atoms with Crippen molar-refractivity contribution in [2.24, 2.45) is 5.92 Å². The van der Waals surface area contributed by atoms with Crippen molar-refractivity contribution in [3.05, 3.63) is 42.2 Å². The van der Waals surface area contributed by atoms with Gasteiger partial charge < -0.3 is 4.52 Å². The molecule has 0 bridgehead atoms. The van der Waals surface area contributed by atoms with Crippen LogP contribution in [0.4, 0.5) is 0 Å². The molecule has 25 heavy (non-hydrogen) atoms. The molecule has 2 heterocycles. The Morgan fingerprint density at radius 3 is 2.72 bits per heavy atom. The van der Waals surface area contributed by atoms with Crippen molar-refractivity contribution in [2.45, 2.75) is 19.4 Å². The highest BCUT2D eigenvalue weighted by atomic mass is 32.2. The van der Waals surface area contributed by atoms with Crippen LogP contribution in [0, 0.1) is 5.92 Å². The van der Waals surface area contributed by atoms with Crippen LogP contribution in [0.5, 0.6) is 0 Å². The zero-order valence-corrected chi connectivity index (χ0v) is 15.2. The molecule has 9 heteroatoms. The van der Waals surface area contributed by atoms with Crippen molar-refractivity contribution in [3.8, 4) is 11.3 Å². The van der Waals surface area contributed by atoms with Crippen LogP contribution in [0.1, 0.15) is 18.6 Å². The number of sulfone groups is 1. The van der Waals surface area contributed by atoms with Gasteiger partial charge in [0.1, 0.15) is 5.69 Å². The molecule has 0 saturated carbocycles. The lowest BCUT2D eigenvalue weighted by Crippen LogP contribution is -2.35. The normalized spacial score (nSPS) is 20.4. The van der Waals surface area contributed by atoms with Crippen LogP contribution >= 0.6 is 0 Å². The predicted molar refractivity (Wildman–Crippen MR) is 93.9 cm³/mol. The fraction of sp³-hybridized carbons (Fsp3) is 0.438. The number of hydrogen-bond acceptors (Lipinski definition) is 6. The molecule has 1 fully saturated rings. The zero-order valence-electron chi connectivity index (χ0n) is 13.6. The molecule has 3 rings (SSSR count). The van der Waals surface area contributed by atoms with Crippen molar-refractivity contribution < 1.29 is 21.4 Å². The van der Waals surface area contributed by atoms with Gasteiger partial charge in [-0.1, -0.05) is 35.5 Å². The van der Waals surface area contributed by atoms with E-state index < -0.39 is 19.9 Å². The molecule has 0 amide bonds. The van der Waals surface area contributed by atoms with Crippen molar-refractivity contribution in [3.63, 3.8) is 0 Å². The van der Waals surface area contributed by atoms with Gasteiger partial charge in [-0.25, -0.2) is 21.6 Å². The first-order valence-corrected chi connectivity index (χ1v) is 11.5. The van der Waals surface area contributed by atoms with Gasteiger partial charge in [0.2, 0.25) is 10.0 Å². The summed E-state index contributed by atoms with van der Waals surface area (Å²) >= 11 is 0. The third-order valence-corrected chi connectivity index (χ3v) is 7.49. The lowest BCUT2D eigenvalue weighted by Gasteiger charge is -2.21. The molecule has 1 N–H and O–H groups in total. The van der Waals surface area contributed by atoms with E-state index >= 15 is 0 Å². The van der Waals surface area contributed by atoms with Gasteiger partial charge in [0.25, 0.3) is 0 Å². The van der Waals surface area contributed by atoms with E-state index in [0.717, 1.165) is 5.56 Å². The minimum absolute atomic E-state index is 0.0123. The largest absolute Gasteiger partial charge is 0.359 e. The second kappa shape index (κ2) is 7.27. The molecule has 7 nitrogen and oxygen atoms in total. The van der Waals surface area contributed by atoms with Crippen LogP contribution in [0.2, 0.25) is 0 Å². The molecule has 136 valence electrons. The number of aromatic nitrogens is 1. The van der Waals surface area contributed by atoms with Gasteiger partial charge in [0.15, 0.2) is 15.6 Å². The molecule has 2 aromatic rings. The summed E-state index contributed by atoms with van der Waals surface area (Å²) in [5, 5.41) is 3.93. The van der Waals surface area contributed by atoms with E-state index in [0.29, 0.717) is 24.3 Å². The van der Waals surface area contributed by atoms with E-state index in [9.17, 15) is 16.8 Å². The van der Waals surface area contributed by atoms with Crippen molar-refractivity contribution in [1.29, 1.82) is 0 Å². The predicted octanol–water partition coefficient (Wildman–Crippen LogP) is 1.59. The topological polar surface area (TPSA) is 106 Å². The summed E-state index contributed by atoms with van der Waals surface area (Å²) in [6.07, 6.45) is 1.13. The summed E-state index contributed by atoms with van der Waals surface area (Å²) in [4.78, 5) is 0. The van der Waals surface area contributed by atoms with E-state index in [1.54, 1.807) is 6.07 Å². The second-order valence-electron chi connectivity index (χ2n) is 6.27. The highest BCUT2D eigenvalue weighted by molar-refractivity contribution is 7.91. The Morgan fingerprint density at radius 2 is 2.00 bits per heavy atom. The molecule has 1 atom stereocenters. The van der Waals surface area contributed by atoms with Gasteiger partial charge in [-0.2, -0.15) is 0 Å². The lowest BCUT2D eigenvalue weighted by atomic mass is 10.1. The molecule has 0 unspecified atom stereocenters. The zero-order chi connectivity index (χ0) is 17.9. The number of rotatable bonds is 6. The number of nitrogens with one attached hydrogen (secondary N) is 1. The van der Waals surface area contributed by atoms with E-state index in [2.05, 4.69) is 9.88 Å². The summed E-state index contributed by atoms with van der Waals surface area (Å²) in [5.41, 5.74) is 1.51. The SMILES string of the molecule is O=S1(=O)CCC[C@@H](CS(=O)(=O)NCc2cc(-c3ccccc3)no2)C1. The summed E-state index contributed by atoms with van der Waals surface area (Å²) in [7, 11) is -6.71. The van der Waals surface area contributed by atoms with Gasteiger partial charge in [0, 0.05) is 11.6 Å². The van der Waals surface area contributed by atoms with Crippen LogP contribution in [0.25, 0.3) is 11.3 Å². The van der Waals surface area contributed by atoms with Crippen molar-refractivity contribution in [2.75, 3.05) is 17.3 Å². The van der Waals surface area contributed by atoms with Gasteiger partial charge in [-0.3, -0.25) is 0 Å². The van der Waals surface area contributed by atoms with Crippen LogP contribution in [0.3, 0.4) is 0 Å². The highest BCUT2D eigenvalue weighted by Crippen LogP contribution is 2.21. The average Bonchev–Trinajstić information content (AvgIpc) is 3.02. The number of nitrogens with zero attached hydrogens (tertiary/aromatic N) is 1. The quantitative estimate of drug-likeness (QED) is 0.810. The van der Waals surface area contributed by atoms with E-state index in [1.807, 2.05) is 30.3 Å². The standard InChI is InChI=1S/C16H20N2O5S2/c19-24(20)8-4-5-13(11-24)12-25(21,22)17-10-15-9-16(18-23-15)14-6-2-1-3-7-14/h1-3,6-7,9,13,17H,4-5,8,10-12H2/t13-/m1/s1. The van der Waals surface area contributed by atoms with Crippen LogP contribution in [-0.2, 0) is 26.4 Å². The maximum Gasteiger partial charge on any atom is 0.212 e. The van der Waals surface area contributed by atoms with Crippen molar-refractivity contribution >= 4 is 19.9 Å². The smallest absolute Gasteiger partial charge is 0.212 e. The first-order valence-electron chi connectivity index (χ1n) is 8.02. The molecular formula is C16H20N2O5S2. The Kier molecular flexibility index (Phi) is 5.26. The maximum atomic E-state index is 12.2. The summed E-state index contributed by atoms with van der Waals surface area (Å²) in [5.74, 6) is -0.0537. The Bertz CT molecular complexity index is 920. The molecule has 1 aromatic carbocycles. The highest BCUT2D eigenvalue weighted by Gasteiger charge is 2.28. The molecule has 0 spiro atoms. The van der Waals surface area contributed by atoms with Gasteiger partial charge in [0.05, 0.1) is 23.8 Å². The second-order valence-corrected chi connectivity index (χ2v) is 10.3. The first-order chi connectivity index (χ1) is 11.8. The number of hydrogen-bond donors (Lipinski definition) is 1. The van der Waals surface area contributed by atoms with E-state index in [4.69, 9.17) is 4.52 Å². The van der Waals surface area contributed by atoms with Gasteiger partial charge in [-0.05, 0) is 18.8 Å². The Balaban J connectivity index is 1.58. The molecule has 0 radical (unpaired) electrons. The van der Waals surface area contributed by atoms with Crippen LogP contribution in [0.15, 0.2) is 40.9 Å².